The summed E-state index contributed by atoms with van der Waals surface area (Å²) < 4.78 is 26.1. The molecule has 3 nitrogen and oxygen atoms in total. The van der Waals surface area contributed by atoms with Gasteiger partial charge in [-0.05, 0) is 30.3 Å². The number of amides is 1. The molecule has 0 spiro atoms. The topological polar surface area (TPSA) is 49.3 Å². The third-order valence-electron chi connectivity index (χ3n) is 2.45. The maximum atomic E-state index is 13.1. The van der Waals surface area contributed by atoms with E-state index in [-0.39, 0.29) is 21.3 Å². The van der Waals surface area contributed by atoms with Gasteiger partial charge in [0, 0.05) is 0 Å². The number of hydrogen-bond acceptors (Lipinski definition) is 2. The van der Waals surface area contributed by atoms with Gasteiger partial charge in [-0.1, -0.05) is 23.2 Å². The summed E-state index contributed by atoms with van der Waals surface area (Å²) in [7, 11) is 0. The number of aromatic hydroxyl groups is 1. The Bertz CT molecular complexity index is 669. The van der Waals surface area contributed by atoms with E-state index >= 15 is 0 Å². The number of rotatable bonds is 2. The first-order chi connectivity index (χ1) is 9.38. The molecular weight excluding hydrogens is 311 g/mol. The third-order valence-corrected chi connectivity index (χ3v) is 3.04. The zero-order chi connectivity index (χ0) is 14.9. The number of anilines is 1. The Morgan fingerprint density at radius 1 is 1.05 bits per heavy atom. The predicted molar refractivity (Wildman–Crippen MR) is 72.4 cm³/mol. The van der Waals surface area contributed by atoms with Crippen LogP contribution in [0.25, 0.3) is 0 Å². The molecule has 0 aliphatic rings. The lowest BCUT2D eigenvalue weighted by Gasteiger charge is -2.10. The molecule has 1 amide bonds. The predicted octanol–water partition coefficient (Wildman–Crippen LogP) is 4.23. The van der Waals surface area contributed by atoms with Gasteiger partial charge in [0.05, 0.1) is 21.3 Å². The van der Waals surface area contributed by atoms with Gasteiger partial charge >= 0.3 is 0 Å². The molecule has 0 bridgehead atoms. The minimum Gasteiger partial charge on any atom is -0.507 e. The molecule has 7 heteroatoms. The normalized spacial score (nSPS) is 10.4. The molecule has 0 aromatic heterocycles. The van der Waals surface area contributed by atoms with Gasteiger partial charge in [0.15, 0.2) is 0 Å². The first-order valence-corrected chi connectivity index (χ1v) is 6.08. The number of halogens is 4. The third kappa shape index (κ3) is 3.00. The van der Waals surface area contributed by atoms with Crippen LogP contribution in [0.15, 0.2) is 30.3 Å². The molecule has 2 N–H and O–H groups in total. The van der Waals surface area contributed by atoms with Crippen LogP contribution in [-0.4, -0.2) is 11.0 Å². The van der Waals surface area contributed by atoms with Gasteiger partial charge in [-0.25, -0.2) is 8.78 Å². The van der Waals surface area contributed by atoms with Gasteiger partial charge in [-0.15, -0.1) is 0 Å². The van der Waals surface area contributed by atoms with Gasteiger partial charge < -0.3 is 10.4 Å². The Labute approximate surface area is 122 Å². The molecule has 0 fully saturated rings. The van der Waals surface area contributed by atoms with E-state index in [1.54, 1.807) is 0 Å². The van der Waals surface area contributed by atoms with Gasteiger partial charge in [0.25, 0.3) is 5.91 Å². The summed E-state index contributed by atoms with van der Waals surface area (Å²) in [4.78, 5) is 11.9. The van der Waals surface area contributed by atoms with E-state index in [0.717, 1.165) is 30.3 Å². The molecule has 104 valence electrons. The Balaban J connectivity index is 2.35. The van der Waals surface area contributed by atoms with Crippen molar-refractivity contribution in [3.05, 3.63) is 57.6 Å². The smallest absolute Gasteiger partial charge is 0.259 e. The minimum atomic E-state index is -0.822. The second kappa shape index (κ2) is 5.64. The molecule has 0 saturated carbocycles. The number of phenols is 1. The number of carbonyl (C=O) groups excluding carboxylic acids is 1. The molecule has 0 heterocycles. The molecular formula is C13H7Cl2F2NO2. The fraction of sp³-hybridized carbons (Fsp3) is 0. The summed E-state index contributed by atoms with van der Waals surface area (Å²) in [5.41, 5.74) is -0.315. The standard InChI is InChI=1S/C13H7Cl2F2NO2/c14-9-4-7(17)5-10(15)12(9)18-13(20)8-3-6(16)1-2-11(8)19/h1-5,19H,(H,18,20). The van der Waals surface area contributed by atoms with Crippen molar-refractivity contribution >= 4 is 34.8 Å². The van der Waals surface area contributed by atoms with Crippen molar-refractivity contribution in [2.75, 3.05) is 5.32 Å². The summed E-state index contributed by atoms with van der Waals surface area (Å²) in [5, 5.41) is 11.6. The Hall–Kier alpha value is -1.85. The highest BCUT2D eigenvalue weighted by atomic mass is 35.5. The van der Waals surface area contributed by atoms with Crippen LogP contribution < -0.4 is 5.32 Å². The molecule has 0 aliphatic carbocycles. The number of phenolic OH excluding ortho intramolecular Hbond substituents is 1. The second-order valence-corrected chi connectivity index (χ2v) is 4.67. The van der Waals surface area contributed by atoms with E-state index in [4.69, 9.17) is 23.2 Å². The van der Waals surface area contributed by atoms with Crippen LogP contribution in [0.3, 0.4) is 0 Å². The number of carbonyl (C=O) groups is 1. The molecule has 0 saturated heterocycles. The Morgan fingerprint density at radius 3 is 2.25 bits per heavy atom. The highest BCUT2D eigenvalue weighted by Gasteiger charge is 2.16. The van der Waals surface area contributed by atoms with E-state index in [1.807, 2.05) is 0 Å². The first-order valence-electron chi connectivity index (χ1n) is 5.33. The van der Waals surface area contributed by atoms with Gasteiger partial charge in [0.2, 0.25) is 0 Å². The van der Waals surface area contributed by atoms with Crippen LogP contribution in [0, 0.1) is 11.6 Å². The molecule has 20 heavy (non-hydrogen) atoms. The van der Waals surface area contributed by atoms with E-state index in [0.29, 0.717) is 0 Å². The second-order valence-electron chi connectivity index (χ2n) is 3.86. The summed E-state index contributed by atoms with van der Waals surface area (Å²) in [6.07, 6.45) is 0. The summed E-state index contributed by atoms with van der Waals surface area (Å²) >= 11 is 11.5. The molecule has 0 radical (unpaired) electrons. The van der Waals surface area contributed by atoms with Crippen LogP contribution in [0.4, 0.5) is 14.5 Å². The van der Waals surface area contributed by atoms with E-state index in [2.05, 4.69) is 5.32 Å². The number of hydrogen-bond donors (Lipinski definition) is 2. The minimum absolute atomic E-state index is 0.0246. The average Bonchev–Trinajstić information content (AvgIpc) is 2.36. The fourth-order valence-electron chi connectivity index (χ4n) is 1.53. The van der Waals surface area contributed by atoms with Crippen molar-refractivity contribution in [2.45, 2.75) is 0 Å². The monoisotopic (exact) mass is 317 g/mol. The maximum absolute atomic E-state index is 13.1. The van der Waals surface area contributed by atoms with Gasteiger partial charge in [0.1, 0.15) is 17.4 Å². The SMILES string of the molecule is O=C(Nc1c(Cl)cc(F)cc1Cl)c1cc(F)ccc1O. The van der Waals surface area contributed by atoms with E-state index in [1.165, 1.54) is 0 Å². The lowest BCUT2D eigenvalue weighted by molar-refractivity contribution is 0.102. The first kappa shape index (κ1) is 14.6. The Morgan fingerprint density at radius 2 is 1.65 bits per heavy atom. The van der Waals surface area contributed by atoms with Crippen molar-refractivity contribution in [2.24, 2.45) is 0 Å². The van der Waals surface area contributed by atoms with Crippen molar-refractivity contribution in [3.8, 4) is 5.75 Å². The number of benzene rings is 2. The van der Waals surface area contributed by atoms with E-state index < -0.39 is 23.3 Å². The highest BCUT2D eigenvalue weighted by Crippen LogP contribution is 2.32. The molecule has 2 rings (SSSR count). The van der Waals surface area contributed by atoms with Crippen molar-refractivity contribution < 1.29 is 18.7 Å². The average molecular weight is 318 g/mol. The van der Waals surface area contributed by atoms with Crippen LogP contribution in [0.1, 0.15) is 10.4 Å². The summed E-state index contributed by atoms with van der Waals surface area (Å²) in [6.45, 7) is 0. The Kier molecular flexibility index (Phi) is 4.11. The van der Waals surface area contributed by atoms with Crippen molar-refractivity contribution in [3.63, 3.8) is 0 Å². The molecule has 0 unspecified atom stereocenters. The molecule has 2 aromatic carbocycles. The zero-order valence-corrected chi connectivity index (χ0v) is 11.3. The van der Waals surface area contributed by atoms with Crippen LogP contribution in [0.5, 0.6) is 5.75 Å². The molecule has 0 atom stereocenters. The van der Waals surface area contributed by atoms with Gasteiger partial charge in [-0.2, -0.15) is 0 Å². The van der Waals surface area contributed by atoms with Crippen LogP contribution in [0.2, 0.25) is 10.0 Å². The van der Waals surface area contributed by atoms with E-state index in [9.17, 15) is 18.7 Å². The van der Waals surface area contributed by atoms with Crippen LogP contribution in [-0.2, 0) is 0 Å². The lowest BCUT2D eigenvalue weighted by atomic mass is 10.1. The zero-order valence-electron chi connectivity index (χ0n) is 9.75. The summed E-state index contributed by atoms with van der Waals surface area (Å²) in [6, 6.07) is 4.83. The van der Waals surface area contributed by atoms with Crippen molar-refractivity contribution in [1.82, 2.24) is 0 Å². The number of nitrogens with one attached hydrogen (secondary N) is 1. The maximum Gasteiger partial charge on any atom is 0.259 e. The largest absolute Gasteiger partial charge is 0.507 e. The molecule has 2 aromatic rings. The van der Waals surface area contributed by atoms with Crippen molar-refractivity contribution in [1.29, 1.82) is 0 Å². The highest BCUT2D eigenvalue weighted by molar-refractivity contribution is 6.40. The quantitative estimate of drug-likeness (QED) is 0.870. The van der Waals surface area contributed by atoms with Crippen LogP contribution >= 0.6 is 23.2 Å². The van der Waals surface area contributed by atoms with Gasteiger partial charge in [-0.3, -0.25) is 4.79 Å². The summed E-state index contributed by atoms with van der Waals surface area (Å²) in [5.74, 6) is -2.58. The molecule has 0 aliphatic heterocycles. The fourth-order valence-corrected chi connectivity index (χ4v) is 2.09. The lowest BCUT2D eigenvalue weighted by Crippen LogP contribution is -2.13.